The number of hydrazine groups is 1. The van der Waals surface area contributed by atoms with E-state index in [0.717, 1.165) is 13.1 Å². The number of para-hydroxylation sites is 1. The summed E-state index contributed by atoms with van der Waals surface area (Å²) >= 11 is 0. The molecule has 1 N–H and O–H groups in total. The van der Waals surface area contributed by atoms with Gasteiger partial charge in [-0.2, -0.15) is 0 Å². The van der Waals surface area contributed by atoms with Gasteiger partial charge in [0, 0.05) is 13.1 Å². The molecule has 0 aliphatic heterocycles. The van der Waals surface area contributed by atoms with Crippen molar-refractivity contribution in [3.05, 3.63) is 30.3 Å². The third-order valence-electron chi connectivity index (χ3n) is 2.95. The molecule has 0 radical (unpaired) electrons. The van der Waals surface area contributed by atoms with Crippen LogP contribution in [-0.4, -0.2) is 13.1 Å². The zero-order valence-electron chi connectivity index (χ0n) is 12.2. The lowest BCUT2D eigenvalue weighted by atomic mass is 10.2. The topological polar surface area (TPSA) is 15.3 Å². The van der Waals surface area contributed by atoms with Crippen molar-refractivity contribution in [3.63, 3.8) is 0 Å². The highest BCUT2D eigenvalue weighted by Crippen LogP contribution is 2.12. The van der Waals surface area contributed by atoms with E-state index < -0.39 is 0 Å². The van der Waals surface area contributed by atoms with Crippen molar-refractivity contribution in [3.8, 4) is 0 Å². The maximum Gasteiger partial charge on any atom is 0.0519 e. The SMILES string of the molecule is CCCCCCNN(CC(C)C)c1ccccc1. The Balaban J connectivity index is 2.41. The smallest absolute Gasteiger partial charge is 0.0519 e. The van der Waals surface area contributed by atoms with Gasteiger partial charge in [0.1, 0.15) is 0 Å². The fourth-order valence-corrected chi connectivity index (χ4v) is 2.00. The Morgan fingerprint density at radius 3 is 2.39 bits per heavy atom. The van der Waals surface area contributed by atoms with E-state index in [1.807, 2.05) is 0 Å². The molecule has 1 rings (SSSR count). The first kappa shape index (κ1) is 15.0. The third kappa shape index (κ3) is 6.06. The van der Waals surface area contributed by atoms with Crippen LogP contribution in [0.4, 0.5) is 5.69 Å². The largest absolute Gasteiger partial charge is 0.308 e. The van der Waals surface area contributed by atoms with Crippen LogP contribution in [0, 0.1) is 5.92 Å². The molecule has 0 fully saturated rings. The van der Waals surface area contributed by atoms with Gasteiger partial charge in [0.15, 0.2) is 0 Å². The number of rotatable bonds is 9. The lowest BCUT2D eigenvalue weighted by molar-refractivity contribution is 0.521. The fraction of sp³-hybridized carbons (Fsp3) is 0.625. The molecule has 2 nitrogen and oxygen atoms in total. The van der Waals surface area contributed by atoms with Crippen molar-refractivity contribution in [2.75, 3.05) is 18.1 Å². The molecule has 0 amide bonds. The Hall–Kier alpha value is -1.02. The third-order valence-corrected chi connectivity index (χ3v) is 2.95. The summed E-state index contributed by atoms with van der Waals surface area (Å²) in [6.45, 7) is 8.89. The van der Waals surface area contributed by atoms with E-state index in [2.05, 4.69) is 61.5 Å². The van der Waals surface area contributed by atoms with Gasteiger partial charge >= 0.3 is 0 Å². The normalized spacial score (nSPS) is 10.9. The summed E-state index contributed by atoms with van der Waals surface area (Å²) in [5.74, 6) is 0.661. The number of unbranched alkanes of at least 4 members (excludes halogenated alkanes) is 3. The predicted octanol–water partition coefficient (Wildman–Crippen LogP) is 4.23. The molecule has 2 heteroatoms. The lowest BCUT2D eigenvalue weighted by Gasteiger charge is -2.27. The fourth-order valence-electron chi connectivity index (χ4n) is 2.00. The van der Waals surface area contributed by atoms with Gasteiger partial charge in [-0.15, -0.1) is 0 Å². The van der Waals surface area contributed by atoms with Gasteiger partial charge in [0.05, 0.1) is 5.69 Å². The van der Waals surface area contributed by atoms with E-state index in [4.69, 9.17) is 0 Å². The van der Waals surface area contributed by atoms with Gasteiger partial charge in [-0.25, -0.2) is 5.43 Å². The van der Waals surface area contributed by atoms with Crippen molar-refractivity contribution in [1.82, 2.24) is 5.43 Å². The van der Waals surface area contributed by atoms with E-state index in [1.165, 1.54) is 31.4 Å². The van der Waals surface area contributed by atoms with Crippen LogP contribution in [0.3, 0.4) is 0 Å². The van der Waals surface area contributed by atoms with E-state index in [1.54, 1.807) is 0 Å². The maximum absolute atomic E-state index is 3.56. The number of nitrogens with one attached hydrogen (secondary N) is 1. The average Bonchev–Trinajstić information content (AvgIpc) is 2.38. The Labute approximate surface area is 112 Å². The van der Waals surface area contributed by atoms with E-state index in [-0.39, 0.29) is 0 Å². The monoisotopic (exact) mass is 248 g/mol. The van der Waals surface area contributed by atoms with E-state index >= 15 is 0 Å². The van der Waals surface area contributed by atoms with Crippen LogP contribution in [0.15, 0.2) is 30.3 Å². The van der Waals surface area contributed by atoms with E-state index in [9.17, 15) is 0 Å². The van der Waals surface area contributed by atoms with E-state index in [0.29, 0.717) is 5.92 Å². The quantitative estimate of drug-likeness (QED) is 0.519. The van der Waals surface area contributed by atoms with Gasteiger partial charge in [-0.1, -0.05) is 58.2 Å². The summed E-state index contributed by atoms with van der Waals surface area (Å²) in [5.41, 5.74) is 4.83. The molecule has 0 unspecified atom stereocenters. The molecule has 0 aromatic heterocycles. The maximum atomic E-state index is 3.56. The first-order chi connectivity index (χ1) is 8.74. The summed E-state index contributed by atoms with van der Waals surface area (Å²) < 4.78 is 0. The minimum atomic E-state index is 0.661. The molecular weight excluding hydrogens is 220 g/mol. The number of nitrogens with zero attached hydrogens (tertiary/aromatic N) is 1. The van der Waals surface area contributed by atoms with Crippen LogP contribution < -0.4 is 10.4 Å². The molecule has 0 atom stereocenters. The van der Waals surface area contributed by atoms with Crippen molar-refractivity contribution >= 4 is 5.69 Å². The van der Waals surface area contributed by atoms with Gasteiger partial charge in [0.25, 0.3) is 0 Å². The molecule has 1 aromatic carbocycles. The molecule has 0 saturated heterocycles. The molecule has 0 aliphatic carbocycles. The predicted molar refractivity (Wildman–Crippen MR) is 80.8 cm³/mol. The van der Waals surface area contributed by atoms with Crippen LogP contribution >= 0.6 is 0 Å². The molecule has 1 aromatic rings. The van der Waals surface area contributed by atoms with Crippen LogP contribution in [-0.2, 0) is 0 Å². The molecule has 0 bridgehead atoms. The van der Waals surface area contributed by atoms with Gasteiger partial charge in [-0.05, 0) is 24.5 Å². The summed E-state index contributed by atoms with van der Waals surface area (Å²) in [7, 11) is 0. The molecule has 18 heavy (non-hydrogen) atoms. The molecular formula is C16H28N2. The highest BCUT2D eigenvalue weighted by molar-refractivity contribution is 5.44. The Kier molecular flexibility index (Phi) is 7.51. The number of anilines is 1. The Morgan fingerprint density at radius 2 is 1.78 bits per heavy atom. The average molecular weight is 248 g/mol. The minimum Gasteiger partial charge on any atom is -0.308 e. The summed E-state index contributed by atoms with van der Waals surface area (Å²) in [4.78, 5) is 0. The lowest BCUT2D eigenvalue weighted by Crippen LogP contribution is -2.41. The number of benzene rings is 1. The standard InChI is InChI=1S/C16H28N2/c1-4-5-6-10-13-17-18(14-15(2)3)16-11-8-7-9-12-16/h7-9,11-12,15,17H,4-6,10,13-14H2,1-3H3. The molecule has 102 valence electrons. The van der Waals surface area contributed by atoms with Crippen LogP contribution in [0.25, 0.3) is 0 Å². The van der Waals surface area contributed by atoms with Gasteiger partial charge in [0.2, 0.25) is 0 Å². The summed E-state index contributed by atoms with van der Waals surface area (Å²) in [6, 6.07) is 10.6. The van der Waals surface area contributed by atoms with Gasteiger partial charge in [-0.3, -0.25) is 0 Å². The summed E-state index contributed by atoms with van der Waals surface area (Å²) in [6.07, 6.45) is 5.23. The van der Waals surface area contributed by atoms with Crippen molar-refractivity contribution in [1.29, 1.82) is 0 Å². The molecule has 0 spiro atoms. The molecule has 0 heterocycles. The zero-order chi connectivity index (χ0) is 13.2. The second-order valence-corrected chi connectivity index (χ2v) is 5.31. The van der Waals surface area contributed by atoms with Crippen LogP contribution in [0.1, 0.15) is 46.5 Å². The second-order valence-electron chi connectivity index (χ2n) is 5.31. The molecule has 0 saturated carbocycles. The first-order valence-electron chi connectivity index (χ1n) is 7.30. The minimum absolute atomic E-state index is 0.661. The highest BCUT2D eigenvalue weighted by atomic mass is 15.5. The Bertz CT molecular complexity index is 295. The first-order valence-corrected chi connectivity index (χ1v) is 7.30. The Morgan fingerprint density at radius 1 is 1.06 bits per heavy atom. The van der Waals surface area contributed by atoms with Crippen LogP contribution in [0.2, 0.25) is 0 Å². The molecule has 0 aliphatic rings. The second kappa shape index (κ2) is 8.98. The number of hydrogen-bond acceptors (Lipinski definition) is 2. The zero-order valence-corrected chi connectivity index (χ0v) is 12.2. The van der Waals surface area contributed by atoms with Crippen molar-refractivity contribution in [2.45, 2.75) is 46.5 Å². The number of hydrogen-bond donors (Lipinski definition) is 1. The highest BCUT2D eigenvalue weighted by Gasteiger charge is 2.07. The van der Waals surface area contributed by atoms with Crippen LogP contribution in [0.5, 0.6) is 0 Å². The van der Waals surface area contributed by atoms with Gasteiger partial charge < -0.3 is 5.01 Å². The van der Waals surface area contributed by atoms with Crippen molar-refractivity contribution in [2.24, 2.45) is 5.92 Å². The summed E-state index contributed by atoms with van der Waals surface area (Å²) in [5, 5.41) is 2.29. The van der Waals surface area contributed by atoms with Crippen molar-refractivity contribution < 1.29 is 0 Å².